The number of nitrogens with one attached hydrogen (secondary N) is 2. The zero-order valence-electron chi connectivity index (χ0n) is 26.6. The fraction of sp³-hybridized carbons (Fsp3) is 0.222. The number of amides is 1. The highest BCUT2D eigenvalue weighted by atomic mass is 32.1. The number of carbonyl (C=O) groups excluding carboxylic acids is 1. The molecule has 3 aromatic carbocycles. The average molecular weight is 683 g/mol. The highest BCUT2D eigenvalue weighted by Crippen LogP contribution is 2.35. The zero-order chi connectivity index (χ0) is 34.0. The summed E-state index contributed by atoms with van der Waals surface area (Å²) in [5.41, 5.74) is 4.31. The van der Waals surface area contributed by atoms with Gasteiger partial charge in [-0.3, -0.25) is 9.20 Å². The van der Waals surface area contributed by atoms with E-state index < -0.39 is 24.1 Å². The van der Waals surface area contributed by atoms with E-state index in [0.717, 1.165) is 55.1 Å². The van der Waals surface area contributed by atoms with Crippen LogP contribution in [0, 0.1) is 0 Å². The normalized spacial score (nSPS) is 13.9. The number of benzene rings is 3. The second-order valence-corrected chi connectivity index (χ2v) is 12.6. The Labute approximate surface area is 285 Å². The van der Waals surface area contributed by atoms with E-state index in [1.807, 2.05) is 40.2 Å². The number of carbonyl (C=O) groups is 1. The van der Waals surface area contributed by atoms with Crippen molar-refractivity contribution in [3.05, 3.63) is 108 Å². The van der Waals surface area contributed by atoms with Crippen molar-refractivity contribution in [2.75, 3.05) is 48.3 Å². The topological polar surface area (TPSA) is 90.7 Å². The van der Waals surface area contributed by atoms with E-state index in [1.165, 1.54) is 35.2 Å². The number of nitrogens with zero attached hydrogens (tertiary/aromatic N) is 6. The van der Waals surface area contributed by atoms with E-state index in [0.29, 0.717) is 28.6 Å². The second kappa shape index (κ2) is 13.7. The van der Waals surface area contributed by atoms with Crippen molar-refractivity contribution in [2.45, 2.75) is 19.5 Å². The maximum Gasteiger partial charge on any atom is 0.416 e. The summed E-state index contributed by atoms with van der Waals surface area (Å²) in [5, 5.41) is 8.02. The molecule has 4 heterocycles. The van der Waals surface area contributed by atoms with Crippen molar-refractivity contribution < 1.29 is 18.0 Å². The number of anilines is 4. The van der Waals surface area contributed by atoms with E-state index >= 15 is 0 Å². The Kier molecular flexibility index (Phi) is 9.02. The summed E-state index contributed by atoms with van der Waals surface area (Å²) in [4.78, 5) is 32.7. The highest BCUT2D eigenvalue weighted by molar-refractivity contribution is 7.15. The SMILES string of the molecule is CCN1CCN(c2ccc(Nc3nccc(-c4c(-c5cccc(NC(=O)Cc6ccccc6C(F)(F)F)c5)nc5sccn45)n3)cc2)CC1. The van der Waals surface area contributed by atoms with Crippen LogP contribution in [-0.4, -0.2) is 62.9 Å². The van der Waals surface area contributed by atoms with Gasteiger partial charge in [-0.15, -0.1) is 11.3 Å². The Bertz CT molecular complexity index is 2080. The first-order valence-corrected chi connectivity index (χ1v) is 16.8. The van der Waals surface area contributed by atoms with Crippen molar-refractivity contribution in [1.82, 2.24) is 24.3 Å². The van der Waals surface area contributed by atoms with Gasteiger partial charge in [-0.05, 0) is 60.6 Å². The summed E-state index contributed by atoms with van der Waals surface area (Å²) in [5.74, 6) is -0.128. The number of fused-ring (bicyclic) bond motifs is 1. The van der Waals surface area contributed by atoms with Crippen LogP contribution in [0.5, 0.6) is 0 Å². The number of hydrogen-bond acceptors (Lipinski definition) is 8. The third-order valence-corrected chi connectivity index (χ3v) is 9.32. The van der Waals surface area contributed by atoms with E-state index in [1.54, 1.807) is 24.4 Å². The number of likely N-dealkylation sites (N-methyl/N-ethyl adjacent to an activating group) is 1. The van der Waals surface area contributed by atoms with Gasteiger partial charge < -0.3 is 20.4 Å². The standard InChI is InChI=1S/C36H33F3N8OS/c1-2-45-16-18-46(19-17-45)28-12-10-26(11-13-28)42-34-40-15-14-30(43-34)33-32(44-35-47(33)20-21-49-35)25-7-5-8-27(22-25)41-31(48)23-24-6-3-4-9-29(24)36(37,38)39/h3-15,20-22H,2,16-19,23H2,1H3,(H,41,48)(H,40,42,43). The molecule has 0 bridgehead atoms. The molecule has 0 atom stereocenters. The number of alkyl halides is 3. The third-order valence-electron chi connectivity index (χ3n) is 8.56. The van der Waals surface area contributed by atoms with Gasteiger partial charge in [0.2, 0.25) is 11.9 Å². The highest BCUT2D eigenvalue weighted by Gasteiger charge is 2.33. The summed E-state index contributed by atoms with van der Waals surface area (Å²) in [7, 11) is 0. The number of imidazole rings is 1. The van der Waals surface area contributed by atoms with Gasteiger partial charge in [0.25, 0.3) is 0 Å². The van der Waals surface area contributed by atoms with Crippen LogP contribution in [0.3, 0.4) is 0 Å². The summed E-state index contributed by atoms with van der Waals surface area (Å²) < 4.78 is 42.4. The molecule has 0 unspecified atom stereocenters. The Morgan fingerprint density at radius 1 is 0.918 bits per heavy atom. The predicted octanol–water partition coefficient (Wildman–Crippen LogP) is 7.61. The number of rotatable bonds is 9. The lowest BCUT2D eigenvalue weighted by molar-refractivity contribution is -0.138. The lowest BCUT2D eigenvalue weighted by atomic mass is 10.0. The summed E-state index contributed by atoms with van der Waals surface area (Å²) >= 11 is 1.48. The minimum absolute atomic E-state index is 0.0881. The Hall–Kier alpha value is -5.27. The molecule has 2 N–H and O–H groups in total. The fourth-order valence-corrected chi connectivity index (χ4v) is 6.78. The van der Waals surface area contributed by atoms with Gasteiger partial charge in [-0.25, -0.2) is 15.0 Å². The molecule has 250 valence electrons. The lowest BCUT2D eigenvalue weighted by Gasteiger charge is -2.35. The van der Waals surface area contributed by atoms with Gasteiger partial charge in [0.1, 0.15) is 5.69 Å². The quantitative estimate of drug-likeness (QED) is 0.162. The zero-order valence-corrected chi connectivity index (χ0v) is 27.4. The first kappa shape index (κ1) is 32.3. The number of halogens is 3. The van der Waals surface area contributed by atoms with Crippen molar-refractivity contribution >= 4 is 45.2 Å². The van der Waals surface area contributed by atoms with Crippen molar-refractivity contribution in [2.24, 2.45) is 0 Å². The molecule has 1 fully saturated rings. The van der Waals surface area contributed by atoms with Gasteiger partial charge in [0.05, 0.1) is 23.4 Å². The van der Waals surface area contributed by atoms with E-state index in [-0.39, 0.29) is 5.56 Å². The van der Waals surface area contributed by atoms with E-state index in [9.17, 15) is 18.0 Å². The largest absolute Gasteiger partial charge is 0.416 e. The molecule has 7 rings (SSSR count). The molecule has 1 aliphatic heterocycles. The molecule has 0 saturated carbocycles. The minimum Gasteiger partial charge on any atom is -0.369 e. The molecule has 0 radical (unpaired) electrons. The maximum absolute atomic E-state index is 13.5. The molecule has 6 aromatic rings. The second-order valence-electron chi connectivity index (χ2n) is 11.7. The summed E-state index contributed by atoms with van der Waals surface area (Å²) in [6, 6.07) is 22.3. The van der Waals surface area contributed by atoms with Crippen LogP contribution in [0.15, 0.2) is 96.6 Å². The van der Waals surface area contributed by atoms with Crippen LogP contribution >= 0.6 is 11.3 Å². The van der Waals surface area contributed by atoms with Gasteiger partial charge in [0.15, 0.2) is 4.96 Å². The van der Waals surface area contributed by atoms with Crippen LogP contribution in [-0.2, 0) is 17.4 Å². The van der Waals surface area contributed by atoms with E-state index in [2.05, 4.69) is 44.5 Å². The van der Waals surface area contributed by atoms with Crippen molar-refractivity contribution in [3.8, 4) is 22.6 Å². The fourth-order valence-electron chi connectivity index (χ4n) is 6.06. The molecular formula is C36H33F3N8OS. The van der Waals surface area contributed by atoms with Gasteiger partial charge in [-0.1, -0.05) is 37.3 Å². The molecule has 49 heavy (non-hydrogen) atoms. The number of aromatic nitrogens is 4. The van der Waals surface area contributed by atoms with Gasteiger partial charge >= 0.3 is 6.18 Å². The molecule has 1 amide bonds. The number of hydrogen-bond donors (Lipinski definition) is 2. The van der Waals surface area contributed by atoms with E-state index in [4.69, 9.17) is 9.97 Å². The maximum atomic E-state index is 13.5. The monoisotopic (exact) mass is 682 g/mol. The molecular weight excluding hydrogens is 650 g/mol. The predicted molar refractivity (Wildman–Crippen MR) is 187 cm³/mol. The molecule has 3 aromatic heterocycles. The summed E-state index contributed by atoms with van der Waals surface area (Å²) in [6.07, 6.45) is -1.35. The van der Waals surface area contributed by atoms with Crippen molar-refractivity contribution in [1.29, 1.82) is 0 Å². The van der Waals surface area contributed by atoms with Gasteiger partial charge in [0, 0.05) is 66.6 Å². The van der Waals surface area contributed by atoms with Gasteiger partial charge in [-0.2, -0.15) is 13.2 Å². The first-order valence-electron chi connectivity index (χ1n) is 15.9. The van der Waals surface area contributed by atoms with Crippen LogP contribution in [0.2, 0.25) is 0 Å². The Morgan fingerprint density at radius 2 is 1.71 bits per heavy atom. The Morgan fingerprint density at radius 3 is 2.49 bits per heavy atom. The van der Waals surface area contributed by atoms with Crippen LogP contribution in [0.25, 0.3) is 27.6 Å². The third kappa shape index (κ3) is 7.13. The summed E-state index contributed by atoms with van der Waals surface area (Å²) in [6.45, 7) is 7.39. The molecule has 1 saturated heterocycles. The minimum atomic E-state index is -4.55. The molecule has 0 aliphatic carbocycles. The molecule has 13 heteroatoms. The number of thiazole rings is 1. The average Bonchev–Trinajstić information content (AvgIpc) is 3.71. The molecule has 0 spiro atoms. The first-order chi connectivity index (χ1) is 23.7. The number of piperazine rings is 1. The Balaban J connectivity index is 1.11. The van der Waals surface area contributed by atoms with Crippen LogP contribution in [0.1, 0.15) is 18.1 Å². The smallest absolute Gasteiger partial charge is 0.369 e. The molecule has 9 nitrogen and oxygen atoms in total. The lowest BCUT2D eigenvalue weighted by Crippen LogP contribution is -2.46. The van der Waals surface area contributed by atoms with Crippen molar-refractivity contribution in [3.63, 3.8) is 0 Å². The molecule has 1 aliphatic rings. The van der Waals surface area contributed by atoms with Crippen LogP contribution in [0.4, 0.5) is 36.2 Å². The van der Waals surface area contributed by atoms with Crippen LogP contribution < -0.4 is 15.5 Å².